The van der Waals surface area contributed by atoms with Gasteiger partial charge in [0.15, 0.2) is 0 Å². The van der Waals surface area contributed by atoms with Crippen molar-refractivity contribution in [2.45, 2.75) is 64.2 Å². The number of hydrogen-bond donors (Lipinski definition) is 0. The molecule has 0 amide bonds. The summed E-state index contributed by atoms with van der Waals surface area (Å²) >= 11 is 0. The molecule has 0 saturated carbocycles. The summed E-state index contributed by atoms with van der Waals surface area (Å²) in [5.74, 6) is 0. The molecule has 86 valence electrons. The van der Waals surface area contributed by atoms with Gasteiger partial charge in [0.25, 0.3) is 0 Å². The molecule has 0 spiro atoms. The van der Waals surface area contributed by atoms with Crippen LogP contribution in [0.4, 0.5) is 0 Å². The molecule has 2 heterocycles. The van der Waals surface area contributed by atoms with Crippen LogP contribution in [-0.4, -0.2) is 17.6 Å². The minimum atomic E-state index is -0.267. The summed E-state index contributed by atoms with van der Waals surface area (Å²) in [7, 11) is 6.26. The van der Waals surface area contributed by atoms with Crippen molar-refractivity contribution in [3.8, 4) is 0 Å². The lowest BCUT2D eigenvalue weighted by Gasteiger charge is -2.32. The zero-order chi connectivity index (χ0) is 11.6. The molecule has 3 heteroatoms. The average molecular weight is 216 g/mol. The van der Waals surface area contributed by atoms with Crippen molar-refractivity contribution in [2.24, 2.45) is 0 Å². The van der Waals surface area contributed by atoms with Crippen LogP contribution in [0.3, 0.4) is 0 Å². The van der Waals surface area contributed by atoms with Crippen LogP contribution in [0.2, 0.25) is 0 Å². The standard InChI is InChI=1S/C13H21BN2/c1-3-4-5-7-11-10-12-8-6-9-13(2,14)16(12)15-11/h10H,3-9H2,1-2H3. The van der Waals surface area contributed by atoms with Crippen molar-refractivity contribution < 1.29 is 0 Å². The van der Waals surface area contributed by atoms with Crippen LogP contribution < -0.4 is 0 Å². The Morgan fingerprint density at radius 2 is 2.31 bits per heavy atom. The van der Waals surface area contributed by atoms with Crippen molar-refractivity contribution in [3.63, 3.8) is 0 Å². The largest absolute Gasteiger partial charge is 0.273 e. The highest BCUT2D eigenvalue weighted by Crippen LogP contribution is 2.27. The van der Waals surface area contributed by atoms with Gasteiger partial charge in [-0.2, -0.15) is 5.10 Å². The highest BCUT2D eigenvalue weighted by atomic mass is 15.3. The fourth-order valence-electron chi connectivity index (χ4n) is 2.51. The molecule has 0 aliphatic carbocycles. The molecule has 0 aromatic carbocycles. The first-order valence-electron chi connectivity index (χ1n) is 6.50. The number of unbranched alkanes of at least 4 members (excludes halogenated alkanes) is 2. The summed E-state index contributed by atoms with van der Waals surface area (Å²) in [6.07, 6.45) is 8.26. The van der Waals surface area contributed by atoms with Crippen molar-refractivity contribution in [3.05, 3.63) is 17.5 Å². The molecule has 1 unspecified atom stereocenters. The van der Waals surface area contributed by atoms with Gasteiger partial charge in [0.1, 0.15) is 7.85 Å². The van der Waals surface area contributed by atoms with Gasteiger partial charge in [-0.05, 0) is 45.1 Å². The molecule has 1 atom stereocenters. The Labute approximate surface area is 99.8 Å². The summed E-state index contributed by atoms with van der Waals surface area (Å²) in [5.41, 5.74) is 2.28. The molecule has 0 fully saturated rings. The molecule has 1 aromatic heterocycles. The number of hydrogen-bond acceptors (Lipinski definition) is 1. The summed E-state index contributed by atoms with van der Waals surface area (Å²) in [6.45, 7) is 4.31. The van der Waals surface area contributed by atoms with Gasteiger partial charge in [0.05, 0.1) is 5.69 Å². The summed E-state index contributed by atoms with van der Waals surface area (Å²) in [4.78, 5) is 0. The molecular weight excluding hydrogens is 195 g/mol. The summed E-state index contributed by atoms with van der Waals surface area (Å²) < 4.78 is 2.05. The fourth-order valence-corrected chi connectivity index (χ4v) is 2.51. The third kappa shape index (κ3) is 2.33. The monoisotopic (exact) mass is 216 g/mol. The van der Waals surface area contributed by atoms with Gasteiger partial charge in [0, 0.05) is 11.1 Å². The van der Waals surface area contributed by atoms with Gasteiger partial charge in [-0.1, -0.05) is 19.8 Å². The van der Waals surface area contributed by atoms with E-state index in [1.165, 1.54) is 37.1 Å². The van der Waals surface area contributed by atoms with Gasteiger partial charge in [0.2, 0.25) is 0 Å². The summed E-state index contributed by atoms with van der Waals surface area (Å²) in [5, 5.41) is 4.67. The SMILES string of the molecule is [B]C1(C)CCCc2cc(CCCCC)nn21. The van der Waals surface area contributed by atoms with Gasteiger partial charge >= 0.3 is 0 Å². The van der Waals surface area contributed by atoms with Crippen LogP contribution in [0.25, 0.3) is 0 Å². The fraction of sp³-hybridized carbons (Fsp3) is 0.769. The molecule has 0 N–H and O–H groups in total. The smallest absolute Gasteiger partial charge is 0.106 e. The maximum atomic E-state index is 6.26. The molecule has 2 nitrogen and oxygen atoms in total. The van der Waals surface area contributed by atoms with Crippen LogP contribution in [0.5, 0.6) is 0 Å². The topological polar surface area (TPSA) is 17.8 Å². The maximum Gasteiger partial charge on any atom is 0.106 e. The third-order valence-corrected chi connectivity index (χ3v) is 3.47. The van der Waals surface area contributed by atoms with Crippen LogP contribution >= 0.6 is 0 Å². The van der Waals surface area contributed by atoms with E-state index in [4.69, 9.17) is 7.85 Å². The average Bonchev–Trinajstić information content (AvgIpc) is 2.62. The van der Waals surface area contributed by atoms with E-state index < -0.39 is 0 Å². The Hall–Kier alpha value is -0.725. The first-order chi connectivity index (χ1) is 7.63. The second-order valence-corrected chi connectivity index (χ2v) is 5.21. The zero-order valence-electron chi connectivity index (χ0n) is 10.5. The van der Waals surface area contributed by atoms with Crippen molar-refractivity contribution in [1.82, 2.24) is 9.78 Å². The van der Waals surface area contributed by atoms with E-state index in [9.17, 15) is 0 Å². The van der Waals surface area contributed by atoms with Gasteiger partial charge in [-0.25, -0.2) is 0 Å². The van der Waals surface area contributed by atoms with E-state index in [1.54, 1.807) is 0 Å². The van der Waals surface area contributed by atoms with E-state index in [0.29, 0.717) is 0 Å². The van der Waals surface area contributed by atoms with E-state index in [1.807, 2.05) is 0 Å². The normalized spacial score (nSPS) is 24.4. The maximum absolute atomic E-state index is 6.26. The Kier molecular flexibility index (Phi) is 3.41. The molecule has 0 bridgehead atoms. The second kappa shape index (κ2) is 4.64. The summed E-state index contributed by atoms with van der Waals surface area (Å²) in [6, 6.07) is 2.25. The minimum Gasteiger partial charge on any atom is -0.273 e. The molecular formula is C13H21BN2. The van der Waals surface area contributed by atoms with Crippen LogP contribution in [0.15, 0.2) is 6.07 Å². The van der Waals surface area contributed by atoms with Gasteiger partial charge in [-0.3, -0.25) is 4.68 Å². The molecule has 2 radical (unpaired) electrons. The number of nitrogens with zero attached hydrogens (tertiary/aromatic N) is 2. The van der Waals surface area contributed by atoms with E-state index in [-0.39, 0.29) is 5.44 Å². The molecule has 0 saturated heterocycles. The number of aryl methyl sites for hydroxylation is 2. The first-order valence-corrected chi connectivity index (χ1v) is 6.50. The molecule has 16 heavy (non-hydrogen) atoms. The Bertz CT molecular complexity index is 355. The van der Waals surface area contributed by atoms with Gasteiger partial charge in [-0.15, -0.1) is 0 Å². The molecule has 2 rings (SSSR count). The number of rotatable bonds is 4. The van der Waals surface area contributed by atoms with Crippen molar-refractivity contribution in [2.75, 3.05) is 0 Å². The molecule has 1 aliphatic rings. The van der Waals surface area contributed by atoms with Crippen LogP contribution in [0.1, 0.15) is 57.3 Å². The quantitative estimate of drug-likeness (QED) is 0.559. The Balaban J connectivity index is 2.10. The number of fused-ring (bicyclic) bond motifs is 1. The highest BCUT2D eigenvalue weighted by molar-refractivity contribution is 6.13. The third-order valence-electron chi connectivity index (χ3n) is 3.47. The molecule has 1 aromatic rings. The van der Waals surface area contributed by atoms with Crippen LogP contribution in [0, 0.1) is 0 Å². The Morgan fingerprint density at radius 1 is 1.50 bits per heavy atom. The van der Waals surface area contributed by atoms with E-state index in [0.717, 1.165) is 19.3 Å². The lowest BCUT2D eigenvalue weighted by molar-refractivity contribution is 0.337. The second-order valence-electron chi connectivity index (χ2n) is 5.21. The van der Waals surface area contributed by atoms with Crippen LogP contribution in [-0.2, 0) is 18.3 Å². The minimum absolute atomic E-state index is 0.267. The highest BCUT2D eigenvalue weighted by Gasteiger charge is 2.27. The van der Waals surface area contributed by atoms with Gasteiger partial charge < -0.3 is 0 Å². The number of aromatic nitrogens is 2. The van der Waals surface area contributed by atoms with Crippen molar-refractivity contribution >= 4 is 7.85 Å². The van der Waals surface area contributed by atoms with E-state index in [2.05, 4.69) is 29.7 Å². The Morgan fingerprint density at radius 3 is 3.00 bits per heavy atom. The predicted molar refractivity (Wildman–Crippen MR) is 67.8 cm³/mol. The van der Waals surface area contributed by atoms with E-state index >= 15 is 0 Å². The zero-order valence-corrected chi connectivity index (χ0v) is 10.5. The lowest BCUT2D eigenvalue weighted by Crippen LogP contribution is -2.36. The predicted octanol–water partition coefficient (Wildman–Crippen LogP) is 2.79. The van der Waals surface area contributed by atoms with Crippen molar-refractivity contribution in [1.29, 1.82) is 0 Å². The molecule has 1 aliphatic heterocycles. The first kappa shape index (κ1) is 11.8. The lowest BCUT2D eigenvalue weighted by atomic mass is 9.73.